The summed E-state index contributed by atoms with van der Waals surface area (Å²) < 4.78 is 43.5. The summed E-state index contributed by atoms with van der Waals surface area (Å²) in [7, 11) is 0. The minimum absolute atomic E-state index is 0.268. The number of anilines is 1. The number of aryl methyl sites for hydroxylation is 1. The van der Waals surface area contributed by atoms with Crippen LogP contribution in [0.1, 0.15) is 36.7 Å². The lowest BCUT2D eigenvalue weighted by Crippen LogP contribution is -2.20. The average molecular weight is 562 g/mol. The lowest BCUT2D eigenvalue weighted by molar-refractivity contribution is -0.274. The van der Waals surface area contributed by atoms with Crippen molar-refractivity contribution in [3.63, 3.8) is 0 Å². The van der Waals surface area contributed by atoms with Gasteiger partial charge in [0.15, 0.2) is 0 Å². The van der Waals surface area contributed by atoms with Crippen LogP contribution in [0.4, 0.5) is 18.9 Å². The maximum atomic E-state index is 12.5. The lowest BCUT2D eigenvalue weighted by Gasteiger charge is -2.12. The highest BCUT2D eigenvalue weighted by molar-refractivity contribution is 7.80. The Hall–Kier alpha value is -4.31. The van der Waals surface area contributed by atoms with Crippen LogP contribution in [-0.2, 0) is 6.42 Å². The van der Waals surface area contributed by atoms with E-state index in [9.17, 15) is 13.2 Å². The number of imidazole rings is 1. The Labute approximate surface area is 233 Å². The molecule has 204 valence electrons. The van der Waals surface area contributed by atoms with E-state index in [-0.39, 0.29) is 10.9 Å². The van der Waals surface area contributed by atoms with Gasteiger partial charge in [-0.3, -0.25) is 4.57 Å². The third kappa shape index (κ3) is 5.96. The fourth-order valence-electron chi connectivity index (χ4n) is 4.76. The molecule has 0 fully saturated rings. The van der Waals surface area contributed by atoms with E-state index in [0.29, 0.717) is 18.0 Å². The first kappa shape index (κ1) is 27.3. The SMILES string of the molecule is Cc1nc2c(n1-c1ccc(OC(F)(F)F)cc1)=CCc1c/c(=C/N=NC(=S)Nc3ccccc3C(C)C)ccc1=2. The van der Waals surface area contributed by atoms with Crippen LogP contribution in [-0.4, -0.2) is 21.0 Å². The van der Waals surface area contributed by atoms with Gasteiger partial charge >= 0.3 is 6.36 Å². The minimum Gasteiger partial charge on any atom is -0.406 e. The normalized spacial score (nSPS) is 13.2. The van der Waals surface area contributed by atoms with Crippen molar-refractivity contribution in [3.8, 4) is 11.4 Å². The maximum absolute atomic E-state index is 12.5. The number of ether oxygens (including phenoxy) is 1. The highest BCUT2D eigenvalue weighted by Gasteiger charge is 2.31. The number of rotatable bonds is 5. The fourth-order valence-corrected chi connectivity index (χ4v) is 4.92. The molecule has 10 heteroatoms. The number of nitrogens with one attached hydrogen (secondary N) is 1. The van der Waals surface area contributed by atoms with E-state index in [4.69, 9.17) is 17.2 Å². The molecule has 0 saturated carbocycles. The van der Waals surface area contributed by atoms with Crippen LogP contribution in [0.25, 0.3) is 18.0 Å². The van der Waals surface area contributed by atoms with Crippen LogP contribution in [0.2, 0.25) is 0 Å². The zero-order valence-corrected chi connectivity index (χ0v) is 22.8. The van der Waals surface area contributed by atoms with Crippen molar-refractivity contribution < 1.29 is 17.9 Å². The second-order valence-electron chi connectivity index (χ2n) is 9.61. The van der Waals surface area contributed by atoms with Crippen LogP contribution < -0.4 is 20.6 Å². The second-order valence-corrected chi connectivity index (χ2v) is 10.00. The van der Waals surface area contributed by atoms with Crippen molar-refractivity contribution in [3.05, 3.63) is 105 Å². The third-order valence-corrected chi connectivity index (χ3v) is 6.67. The van der Waals surface area contributed by atoms with E-state index in [0.717, 1.165) is 43.8 Å². The molecule has 1 aliphatic rings. The number of hydrogen-bond acceptors (Lipinski definition) is 4. The second kappa shape index (κ2) is 11.1. The van der Waals surface area contributed by atoms with Crippen molar-refractivity contribution in [1.82, 2.24) is 9.55 Å². The molecule has 6 nitrogen and oxygen atoms in total. The van der Waals surface area contributed by atoms with E-state index in [2.05, 4.69) is 46.3 Å². The molecule has 0 unspecified atom stereocenters. The van der Waals surface area contributed by atoms with Gasteiger partial charge in [0, 0.05) is 16.6 Å². The number of thiocarbonyl (C=S) groups is 1. The number of alkyl halides is 3. The first-order valence-electron chi connectivity index (χ1n) is 12.6. The largest absolute Gasteiger partial charge is 0.573 e. The molecule has 40 heavy (non-hydrogen) atoms. The summed E-state index contributed by atoms with van der Waals surface area (Å²) in [5, 5.41) is 15.3. The molecule has 0 radical (unpaired) electrons. The van der Waals surface area contributed by atoms with E-state index >= 15 is 0 Å². The molecule has 0 spiro atoms. The number of nitrogens with zero attached hydrogens (tertiary/aromatic N) is 4. The van der Waals surface area contributed by atoms with Gasteiger partial charge in [-0.15, -0.1) is 18.3 Å². The molecule has 0 aliphatic heterocycles. The van der Waals surface area contributed by atoms with Gasteiger partial charge < -0.3 is 10.1 Å². The van der Waals surface area contributed by atoms with Crippen LogP contribution in [0.15, 0.2) is 77.0 Å². The maximum Gasteiger partial charge on any atom is 0.573 e. The third-order valence-electron chi connectivity index (χ3n) is 6.49. The molecule has 4 aromatic rings. The summed E-state index contributed by atoms with van der Waals surface area (Å²) in [6, 6.07) is 19.7. The van der Waals surface area contributed by atoms with Crippen LogP contribution in [0, 0.1) is 17.5 Å². The summed E-state index contributed by atoms with van der Waals surface area (Å²) in [6.07, 6.45) is -0.350. The summed E-state index contributed by atoms with van der Waals surface area (Å²) in [4.78, 5) is 4.77. The minimum atomic E-state index is -4.73. The average Bonchev–Trinajstić information content (AvgIpc) is 3.24. The van der Waals surface area contributed by atoms with Crippen molar-refractivity contribution >= 4 is 35.3 Å². The monoisotopic (exact) mass is 561 g/mol. The number of fused-ring (bicyclic) bond motifs is 2. The van der Waals surface area contributed by atoms with Crippen molar-refractivity contribution in [2.24, 2.45) is 10.2 Å². The molecule has 0 amide bonds. The van der Waals surface area contributed by atoms with Crippen LogP contribution in [0.5, 0.6) is 5.75 Å². The number of para-hydroxylation sites is 1. The van der Waals surface area contributed by atoms with Crippen molar-refractivity contribution in [2.75, 3.05) is 5.32 Å². The Balaban J connectivity index is 1.40. The molecule has 0 bridgehead atoms. The predicted octanol–water partition coefficient (Wildman–Crippen LogP) is 6.41. The lowest BCUT2D eigenvalue weighted by atomic mass is 10.0. The summed E-state index contributed by atoms with van der Waals surface area (Å²) in [6.45, 7) is 6.11. The number of halogens is 3. The molecule has 1 heterocycles. The van der Waals surface area contributed by atoms with Gasteiger partial charge in [0.05, 0.1) is 16.9 Å². The zero-order valence-electron chi connectivity index (χ0n) is 22.0. The van der Waals surface area contributed by atoms with Gasteiger partial charge in [-0.1, -0.05) is 50.3 Å². The van der Waals surface area contributed by atoms with Crippen LogP contribution in [0.3, 0.4) is 0 Å². The molecular weight excluding hydrogens is 535 g/mol. The smallest absolute Gasteiger partial charge is 0.406 e. The van der Waals surface area contributed by atoms with Gasteiger partial charge in [-0.25, -0.2) is 4.98 Å². The standard InChI is InChI=1S/C30H26F3N5OS/c1-18(2)24-6-4-5-7-26(24)36-29(40)37-34-17-20-8-14-25-21(16-20)9-15-27-28(25)35-19(3)38(27)22-10-12-23(13-11-22)39-30(31,32)33/h4-8,10-18H,9H2,1-3H3,(H,36,40)/b20-17+,37-34?. The first-order valence-corrected chi connectivity index (χ1v) is 13.1. The Morgan fingerprint density at radius 2 is 1.85 bits per heavy atom. The van der Waals surface area contributed by atoms with Crippen molar-refractivity contribution in [1.29, 1.82) is 0 Å². The Morgan fingerprint density at radius 3 is 2.58 bits per heavy atom. The number of aromatic nitrogens is 2. The molecular formula is C30H26F3N5OS. The topological polar surface area (TPSA) is 63.8 Å². The molecule has 0 saturated heterocycles. The molecule has 3 aromatic carbocycles. The highest BCUT2D eigenvalue weighted by Crippen LogP contribution is 2.25. The molecule has 1 aliphatic carbocycles. The first-order chi connectivity index (χ1) is 19.1. The van der Waals surface area contributed by atoms with Gasteiger partial charge in [-0.2, -0.15) is 5.11 Å². The van der Waals surface area contributed by atoms with Gasteiger partial charge in [0.25, 0.3) is 0 Å². The molecule has 1 aromatic heterocycles. The quantitative estimate of drug-likeness (QED) is 0.226. The predicted molar refractivity (Wildman–Crippen MR) is 153 cm³/mol. The summed E-state index contributed by atoms with van der Waals surface area (Å²) in [5.41, 5.74) is 3.86. The van der Waals surface area contributed by atoms with E-state index in [1.54, 1.807) is 18.3 Å². The summed E-state index contributed by atoms with van der Waals surface area (Å²) >= 11 is 5.36. The van der Waals surface area contributed by atoms with Crippen LogP contribution >= 0.6 is 12.2 Å². The summed E-state index contributed by atoms with van der Waals surface area (Å²) in [5.74, 6) is 0.801. The van der Waals surface area contributed by atoms with Gasteiger partial charge in [0.2, 0.25) is 5.11 Å². The number of benzene rings is 3. The van der Waals surface area contributed by atoms with Gasteiger partial charge in [0.1, 0.15) is 11.6 Å². The number of hydrogen-bond donors (Lipinski definition) is 1. The van der Waals surface area contributed by atoms with Crippen molar-refractivity contribution in [2.45, 2.75) is 39.5 Å². The molecule has 0 atom stereocenters. The van der Waals surface area contributed by atoms with Gasteiger partial charge in [-0.05, 0) is 84.2 Å². The Morgan fingerprint density at radius 1 is 1.10 bits per heavy atom. The van der Waals surface area contributed by atoms with E-state index < -0.39 is 6.36 Å². The highest BCUT2D eigenvalue weighted by atomic mass is 32.1. The fraction of sp³-hybridized carbons (Fsp3) is 0.200. The number of azo groups is 1. The Kier molecular flexibility index (Phi) is 7.53. The zero-order chi connectivity index (χ0) is 28.4. The molecule has 1 N–H and O–H groups in total. The van der Waals surface area contributed by atoms with E-state index in [1.807, 2.05) is 47.9 Å². The van der Waals surface area contributed by atoms with E-state index in [1.165, 1.54) is 12.1 Å². The Bertz CT molecular complexity index is 1830. The molecule has 5 rings (SSSR count).